The van der Waals surface area contributed by atoms with Gasteiger partial charge in [0.1, 0.15) is 0 Å². The van der Waals surface area contributed by atoms with Crippen LogP contribution in [0.25, 0.3) is 0 Å². The van der Waals surface area contributed by atoms with E-state index in [-0.39, 0.29) is 12.4 Å². The van der Waals surface area contributed by atoms with Crippen molar-refractivity contribution >= 4 is 5.97 Å². The minimum Gasteiger partial charge on any atom is -1.00 e. The molecule has 26 heavy (non-hydrogen) atoms. The topological polar surface area (TPSA) is 37.3 Å². The van der Waals surface area contributed by atoms with Gasteiger partial charge in [0.15, 0.2) is 0 Å². The maximum Gasteiger partial charge on any atom is 0.327 e. The SMILES string of the molecule is C=CC(=O)O.C=CC[N+](C)(CCC)CCCCCCCCCCCC.[Cl-]. The molecule has 0 amide bonds. The van der Waals surface area contributed by atoms with Crippen LogP contribution in [-0.2, 0) is 4.79 Å². The number of rotatable bonds is 16. The fourth-order valence-corrected chi connectivity index (χ4v) is 3.13. The lowest BCUT2D eigenvalue weighted by Gasteiger charge is -2.33. The highest BCUT2D eigenvalue weighted by Crippen LogP contribution is 2.13. The zero-order chi connectivity index (χ0) is 19.4. The van der Waals surface area contributed by atoms with Crippen molar-refractivity contribution in [1.82, 2.24) is 0 Å². The van der Waals surface area contributed by atoms with E-state index in [1.54, 1.807) is 0 Å². The summed E-state index contributed by atoms with van der Waals surface area (Å²) in [5.41, 5.74) is 0. The van der Waals surface area contributed by atoms with E-state index in [0.29, 0.717) is 0 Å². The highest BCUT2D eigenvalue weighted by Gasteiger charge is 2.17. The molecule has 0 aliphatic carbocycles. The molecule has 0 aromatic rings. The van der Waals surface area contributed by atoms with Crippen LogP contribution in [0.5, 0.6) is 0 Å². The van der Waals surface area contributed by atoms with Gasteiger partial charge < -0.3 is 22.0 Å². The van der Waals surface area contributed by atoms with Gasteiger partial charge in [-0.1, -0.05) is 78.4 Å². The second-order valence-corrected chi connectivity index (χ2v) is 7.26. The summed E-state index contributed by atoms with van der Waals surface area (Å²) >= 11 is 0. The molecule has 1 N–H and O–H groups in total. The number of unbranched alkanes of at least 4 members (excludes halogenated alkanes) is 9. The molecule has 0 aromatic heterocycles. The number of aliphatic carboxylic acids is 1. The van der Waals surface area contributed by atoms with Crippen LogP contribution in [0.3, 0.4) is 0 Å². The lowest BCUT2D eigenvalue weighted by Crippen LogP contribution is -3.00. The summed E-state index contributed by atoms with van der Waals surface area (Å²) in [6.07, 6.45) is 18.5. The molecule has 0 heterocycles. The average Bonchev–Trinajstić information content (AvgIpc) is 2.57. The third kappa shape index (κ3) is 23.2. The van der Waals surface area contributed by atoms with Crippen LogP contribution in [0.15, 0.2) is 25.3 Å². The zero-order valence-corrected chi connectivity index (χ0v) is 18.4. The van der Waals surface area contributed by atoms with E-state index >= 15 is 0 Å². The fourth-order valence-electron chi connectivity index (χ4n) is 3.13. The van der Waals surface area contributed by atoms with E-state index < -0.39 is 5.97 Å². The van der Waals surface area contributed by atoms with E-state index in [9.17, 15) is 4.79 Å². The third-order valence-electron chi connectivity index (χ3n) is 4.56. The molecule has 1 unspecified atom stereocenters. The minimum absolute atomic E-state index is 0. The van der Waals surface area contributed by atoms with Crippen LogP contribution in [0.2, 0.25) is 0 Å². The van der Waals surface area contributed by atoms with Crippen molar-refractivity contribution in [3.63, 3.8) is 0 Å². The van der Waals surface area contributed by atoms with E-state index in [4.69, 9.17) is 5.11 Å². The molecule has 0 radical (unpaired) electrons. The maximum absolute atomic E-state index is 9.25. The number of likely N-dealkylation sites (N-methyl/N-ethyl adjacent to an activating group) is 1. The minimum atomic E-state index is -0.981. The van der Waals surface area contributed by atoms with Crippen molar-refractivity contribution in [3.05, 3.63) is 25.3 Å². The molecule has 0 aromatic carbocycles. The number of carboxylic acids is 1. The number of quaternary nitrogens is 1. The van der Waals surface area contributed by atoms with Gasteiger partial charge >= 0.3 is 5.97 Å². The Morgan fingerprint density at radius 1 is 0.846 bits per heavy atom. The summed E-state index contributed by atoms with van der Waals surface area (Å²) in [5, 5.41) is 7.60. The largest absolute Gasteiger partial charge is 1.00 e. The summed E-state index contributed by atoms with van der Waals surface area (Å²) in [4.78, 5) is 9.25. The predicted octanol–water partition coefficient (Wildman–Crippen LogP) is 3.21. The molecular formula is C22H44ClNO2. The Kier molecular flexibility index (Phi) is 25.6. The van der Waals surface area contributed by atoms with E-state index in [1.165, 1.54) is 88.2 Å². The Hall–Kier alpha value is -0.800. The number of carboxylic acid groups (broad SMARTS) is 1. The zero-order valence-electron chi connectivity index (χ0n) is 17.6. The molecule has 0 rings (SSSR count). The van der Waals surface area contributed by atoms with Crippen molar-refractivity contribution in [2.24, 2.45) is 0 Å². The lowest BCUT2D eigenvalue weighted by molar-refractivity contribution is -0.904. The first-order valence-electron chi connectivity index (χ1n) is 10.3. The first-order valence-corrected chi connectivity index (χ1v) is 10.3. The first-order chi connectivity index (χ1) is 12.0. The summed E-state index contributed by atoms with van der Waals surface area (Å²) in [6, 6.07) is 0. The summed E-state index contributed by atoms with van der Waals surface area (Å²) in [6.45, 7) is 15.2. The Morgan fingerprint density at radius 3 is 1.62 bits per heavy atom. The second kappa shape index (κ2) is 22.2. The second-order valence-electron chi connectivity index (χ2n) is 7.26. The Balaban J connectivity index is -0.000000772. The lowest BCUT2D eigenvalue weighted by atomic mass is 10.1. The van der Waals surface area contributed by atoms with Crippen LogP contribution >= 0.6 is 0 Å². The van der Waals surface area contributed by atoms with Gasteiger partial charge in [0.2, 0.25) is 0 Å². The van der Waals surface area contributed by atoms with Crippen LogP contribution in [-0.4, -0.2) is 42.2 Å². The molecule has 1 atom stereocenters. The van der Waals surface area contributed by atoms with Gasteiger partial charge in [-0.3, -0.25) is 0 Å². The molecular weight excluding hydrogens is 346 g/mol. The van der Waals surface area contributed by atoms with E-state index in [1.807, 2.05) is 0 Å². The van der Waals surface area contributed by atoms with Gasteiger partial charge in [0, 0.05) is 6.08 Å². The Labute approximate surface area is 169 Å². The van der Waals surface area contributed by atoms with E-state index in [0.717, 1.165) is 12.6 Å². The standard InChI is InChI=1S/C19H40N.C3H4O2.ClH/c1-5-8-9-10-11-12-13-14-15-16-19-20(4,17-6-2)18-7-3;1-2-3(4)5;/h6H,2,5,7-19H2,1,3-4H3;2H,1H2,(H,4,5);1H/q+1;;/p-1. The van der Waals surface area contributed by atoms with Crippen molar-refractivity contribution in [2.45, 2.75) is 84.5 Å². The monoisotopic (exact) mass is 389 g/mol. The molecule has 3 nitrogen and oxygen atoms in total. The first kappa shape index (κ1) is 29.9. The summed E-state index contributed by atoms with van der Waals surface area (Å²) in [5.74, 6) is -0.981. The molecule has 0 aliphatic rings. The molecule has 4 heteroatoms. The molecule has 156 valence electrons. The highest BCUT2D eigenvalue weighted by molar-refractivity contribution is 5.78. The van der Waals surface area contributed by atoms with Gasteiger partial charge in [-0.2, -0.15) is 0 Å². The van der Waals surface area contributed by atoms with Gasteiger partial charge in [0.05, 0.1) is 26.7 Å². The molecule has 0 saturated carbocycles. The summed E-state index contributed by atoms with van der Waals surface area (Å²) < 4.78 is 1.19. The number of nitrogens with zero attached hydrogens (tertiary/aromatic N) is 1. The number of carbonyl (C=O) groups is 1. The van der Waals surface area contributed by atoms with E-state index in [2.05, 4.69) is 40.1 Å². The van der Waals surface area contributed by atoms with Gasteiger partial charge in [-0.25, -0.2) is 4.79 Å². The average molecular weight is 390 g/mol. The van der Waals surface area contributed by atoms with Crippen LogP contribution in [0.4, 0.5) is 0 Å². The van der Waals surface area contributed by atoms with Gasteiger partial charge in [-0.05, 0) is 25.3 Å². The Morgan fingerprint density at radius 2 is 1.27 bits per heavy atom. The number of hydrogen-bond acceptors (Lipinski definition) is 1. The highest BCUT2D eigenvalue weighted by atomic mass is 35.5. The quantitative estimate of drug-likeness (QED) is 0.190. The van der Waals surface area contributed by atoms with Crippen molar-refractivity contribution in [3.8, 4) is 0 Å². The normalized spacial score (nSPS) is 12.1. The molecule has 0 bridgehead atoms. The van der Waals surface area contributed by atoms with Crippen molar-refractivity contribution < 1.29 is 26.8 Å². The molecule has 0 saturated heterocycles. The molecule has 0 spiro atoms. The van der Waals surface area contributed by atoms with Crippen molar-refractivity contribution in [2.75, 3.05) is 26.7 Å². The van der Waals surface area contributed by atoms with Gasteiger partial charge in [-0.15, -0.1) is 0 Å². The van der Waals surface area contributed by atoms with Crippen LogP contribution in [0, 0.1) is 0 Å². The smallest absolute Gasteiger partial charge is 0.327 e. The summed E-state index contributed by atoms with van der Waals surface area (Å²) in [7, 11) is 2.39. The third-order valence-corrected chi connectivity index (χ3v) is 4.56. The maximum atomic E-state index is 9.25. The number of hydrogen-bond donors (Lipinski definition) is 1. The molecule has 0 fully saturated rings. The number of halogens is 1. The van der Waals surface area contributed by atoms with Crippen molar-refractivity contribution in [1.29, 1.82) is 0 Å². The van der Waals surface area contributed by atoms with Crippen LogP contribution in [0.1, 0.15) is 84.5 Å². The predicted molar refractivity (Wildman–Crippen MR) is 111 cm³/mol. The molecule has 0 aliphatic heterocycles. The fraction of sp³-hybridized carbons (Fsp3) is 0.773. The Bertz CT molecular complexity index is 334. The van der Waals surface area contributed by atoms with Crippen LogP contribution < -0.4 is 12.4 Å². The van der Waals surface area contributed by atoms with Gasteiger partial charge in [0.25, 0.3) is 0 Å².